The Bertz CT molecular complexity index is 596. The van der Waals surface area contributed by atoms with Crippen molar-refractivity contribution in [3.63, 3.8) is 0 Å². The molecule has 0 unspecified atom stereocenters. The number of rotatable bonds is 3. The predicted octanol–water partition coefficient (Wildman–Crippen LogP) is 1.96. The van der Waals surface area contributed by atoms with Gasteiger partial charge in [-0.2, -0.15) is 0 Å². The van der Waals surface area contributed by atoms with Crippen LogP contribution in [0.3, 0.4) is 0 Å². The third kappa shape index (κ3) is 1.83. The fourth-order valence-electron chi connectivity index (χ4n) is 2.32. The van der Waals surface area contributed by atoms with Gasteiger partial charge in [-0.15, -0.1) is 0 Å². The van der Waals surface area contributed by atoms with Gasteiger partial charge >= 0.3 is 0 Å². The standard InChI is InChI=1S/C12H13N6/c13-16-14-8-11-6-7-12-15-18(9-17(11)12)10-4-2-1-3-5-10/h1-5,9,11H,6-8H2/q+1/t11-/m0/s1. The summed E-state index contributed by atoms with van der Waals surface area (Å²) in [5.74, 6) is 1.05. The van der Waals surface area contributed by atoms with E-state index >= 15 is 0 Å². The highest BCUT2D eigenvalue weighted by molar-refractivity contribution is 5.28. The Morgan fingerprint density at radius 1 is 1.44 bits per heavy atom. The second-order valence-corrected chi connectivity index (χ2v) is 4.33. The van der Waals surface area contributed by atoms with Gasteiger partial charge in [-0.05, 0) is 24.1 Å². The summed E-state index contributed by atoms with van der Waals surface area (Å²) in [7, 11) is 0. The summed E-state index contributed by atoms with van der Waals surface area (Å²) in [6.07, 6.45) is 3.91. The first-order chi connectivity index (χ1) is 8.88. The number of aryl methyl sites for hydroxylation is 1. The average molecular weight is 241 g/mol. The van der Waals surface area contributed by atoms with Crippen LogP contribution >= 0.6 is 0 Å². The van der Waals surface area contributed by atoms with Crippen LogP contribution in [0.1, 0.15) is 18.3 Å². The van der Waals surface area contributed by atoms with Crippen LogP contribution in [0.4, 0.5) is 0 Å². The SMILES string of the molecule is [N-]=[N+]=NC[C@@H]1CCc2nn(-c3ccccc3)c[n+]21. The molecule has 0 amide bonds. The summed E-state index contributed by atoms with van der Waals surface area (Å²) in [5.41, 5.74) is 9.43. The average Bonchev–Trinajstić information content (AvgIpc) is 2.98. The third-order valence-corrected chi connectivity index (χ3v) is 3.23. The molecule has 0 spiro atoms. The summed E-state index contributed by atoms with van der Waals surface area (Å²) in [6, 6.07) is 10.2. The molecule has 0 fully saturated rings. The molecule has 18 heavy (non-hydrogen) atoms. The molecule has 90 valence electrons. The minimum atomic E-state index is 0.244. The molecule has 2 heterocycles. The normalized spacial score (nSPS) is 17.2. The van der Waals surface area contributed by atoms with Gasteiger partial charge in [-0.3, -0.25) is 0 Å². The van der Waals surface area contributed by atoms with E-state index in [1.807, 2.05) is 41.3 Å². The molecule has 1 aromatic carbocycles. The number of hydrogen-bond donors (Lipinski definition) is 0. The molecular formula is C12H13N6+. The van der Waals surface area contributed by atoms with Crippen LogP contribution in [-0.4, -0.2) is 16.3 Å². The lowest BCUT2D eigenvalue weighted by molar-refractivity contribution is -0.714. The number of hydrogen-bond acceptors (Lipinski definition) is 2. The van der Waals surface area contributed by atoms with Crippen molar-refractivity contribution in [1.82, 2.24) is 9.78 Å². The summed E-state index contributed by atoms with van der Waals surface area (Å²) in [4.78, 5) is 2.82. The van der Waals surface area contributed by atoms with Crippen molar-refractivity contribution in [3.05, 3.63) is 52.9 Å². The van der Waals surface area contributed by atoms with Crippen molar-refractivity contribution in [1.29, 1.82) is 0 Å². The number of nitrogens with zero attached hydrogens (tertiary/aromatic N) is 6. The van der Waals surface area contributed by atoms with Crippen LogP contribution in [0.25, 0.3) is 16.1 Å². The Labute approximate surface area is 104 Å². The van der Waals surface area contributed by atoms with E-state index in [1.165, 1.54) is 0 Å². The first-order valence-electron chi connectivity index (χ1n) is 5.94. The zero-order valence-corrected chi connectivity index (χ0v) is 9.85. The van der Waals surface area contributed by atoms with Crippen LogP contribution < -0.4 is 4.57 Å². The lowest BCUT2D eigenvalue weighted by Gasteiger charge is -2.02. The number of benzene rings is 1. The summed E-state index contributed by atoms with van der Waals surface area (Å²) < 4.78 is 3.99. The first kappa shape index (κ1) is 10.8. The minimum Gasteiger partial charge on any atom is -0.231 e. The molecule has 0 bridgehead atoms. The van der Waals surface area contributed by atoms with Crippen LogP contribution in [0, 0.1) is 0 Å². The Kier molecular flexibility index (Phi) is 2.70. The van der Waals surface area contributed by atoms with Crippen molar-refractivity contribution in [2.45, 2.75) is 18.9 Å². The van der Waals surface area contributed by atoms with E-state index in [0.29, 0.717) is 6.54 Å². The molecule has 1 aliphatic heterocycles. The molecule has 0 aliphatic carbocycles. The maximum absolute atomic E-state index is 8.39. The van der Waals surface area contributed by atoms with E-state index < -0.39 is 0 Å². The largest absolute Gasteiger partial charge is 0.278 e. The number of para-hydroxylation sites is 1. The van der Waals surface area contributed by atoms with E-state index in [-0.39, 0.29) is 6.04 Å². The van der Waals surface area contributed by atoms with Gasteiger partial charge in [0.2, 0.25) is 6.33 Å². The van der Waals surface area contributed by atoms with Gasteiger partial charge < -0.3 is 0 Å². The second-order valence-electron chi connectivity index (χ2n) is 4.33. The molecule has 1 aromatic heterocycles. The molecule has 6 heteroatoms. The molecular weight excluding hydrogens is 228 g/mol. The third-order valence-electron chi connectivity index (χ3n) is 3.23. The summed E-state index contributed by atoms with van der Waals surface area (Å²) >= 11 is 0. The zero-order chi connectivity index (χ0) is 12.4. The van der Waals surface area contributed by atoms with Crippen molar-refractivity contribution in [3.8, 4) is 5.69 Å². The van der Waals surface area contributed by atoms with Gasteiger partial charge in [-0.25, -0.2) is 4.57 Å². The Morgan fingerprint density at radius 3 is 3.06 bits per heavy atom. The Morgan fingerprint density at radius 2 is 2.28 bits per heavy atom. The molecule has 1 aliphatic rings. The molecule has 0 saturated carbocycles. The maximum Gasteiger partial charge on any atom is 0.278 e. The van der Waals surface area contributed by atoms with Gasteiger partial charge in [0.1, 0.15) is 5.69 Å². The van der Waals surface area contributed by atoms with Crippen molar-refractivity contribution in [2.24, 2.45) is 5.11 Å². The minimum absolute atomic E-state index is 0.244. The van der Waals surface area contributed by atoms with Crippen molar-refractivity contribution in [2.75, 3.05) is 6.54 Å². The van der Waals surface area contributed by atoms with Gasteiger partial charge in [0, 0.05) is 16.4 Å². The second kappa shape index (κ2) is 4.50. The Hall–Kier alpha value is -2.33. The summed E-state index contributed by atoms with van der Waals surface area (Å²) in [6.45, 7) is 0.495. The van der Waals surface area contributed by atoms with Gasteiger partial charge in [0.25, 0.3) is 5.82 Å². The fraction of sp³-hybridized carbons (Fsp3) is 0.333. The molecule has 0 N–H and O–H groups in total. The van der Waals surface area contributed by atoms with Crippen molar-refractivity contribution < 1.29 is 4.57 Å². The fourth-order valence-corrected chi connectivity index (χ4v) is 2.32. The summed E-state index contributed by atoms with van der Waals surface area (Å²) in [5, 5.41) is 8.22. The molecule has 6 nitrogen and oxygen atoms in total. The first-order valence-corrected chi connectivity index (χ1v) is 5.94. The lowest BCUT2D eigenvalue weighted by atomic mass is 10.2. The van der Waals surface area contributed by atoms with Crippen LogP contribution in [-0.2, 0) is 6.42 Å². The molecule has 3 rings (SSSR count). The zero-order valence-electron chi connectivity index (χ0n) is 9.85. The van der Waals surface area contributed by atoms with E-state index in [9.17, 15) is 0 Å². The van der Waals surface area contributed by atoms with Gasteiger partial charge in [0.15, 0.2) is 0 Å². The van der Waals surface area contributed by atoms with E-state index in [2.05, 4.69) is 19.7 Å². The maximum atomic E-state index is 8.39. The smallest absolute Gasteiger partial charge is 0.231 e. The molecule has 1 atom stereocenters. The predicted molar refractivity (Wildman–Crippen MR) is 65.1 cm³/mol. The molecule has 0 radical (unpaired) electrons. The van der Waals surface area contributed by atoms with Crippen LogP contribution in [0.5, 0.6) is 0 Å². The van der Waals surface area contributed by atoms with Crippen molar-refractivity contribution >= 4 is 0 Å². The highest BCUT2D eigenvalue weighted by atomic mass is 15.4. The van der Waals surface area contributed by atoms with Gasteiger partial charge in [-0.1, -0.05) is 28.0 Å². The van der Waals surface area contributed by atoms with Gasteiger partial charge in [0.05, 0.1) is 12.6 Å². The Balaban J connectivity index is 1.92. The number of aromatic nitrogens is 3. The monoisotopic (exact) mass is 241 g/mol. The van der Waals surface area contributed by atoms with E-state index in [4.69, 9.17) is 5.53 Å². The number of azide groups is 1. The topological polar surface area (TPSA) is 70.5 Å². The van der Waals surface area contributed by atoms with E-state index in [0.717, 1.165) is 24.4 Å². The van der Waals surface area contributed by atoms with Crippen LogP contribution in [0.2, 0.25) is 0 Å². The molecule has 2 aromatic rings. The van der Waals surface area contributed by atoms with E-state index in [1.54, 1.807) is 0 Å². The highest BCUT2D eigenvalue weighted by Crippen LogP contribution is 2.17. The lowest BCUT2D eigenvalue weighted by Crippen LogP contribution is -2.37. The number of fused-ring (bicyclic) bond motifs is 1. The van der Waals surface area contributed by atoms with Crippen LogP contribution in [0.15, 0.2) is 41.8 Å². The quantitative estimate of drug-likeness (QED) is 0.350. The highest BCUT2D eigenvalue weighted by Gasteiger charge is 2.31. The molecule has 0 saturated heterocycles.